The monoisotopic (exact) mass is 458 g/mol. The Morgan fingerprint density at radius 3 is 2.15 bits per heavy atom. The van der Waals surface area contributed by atoms with Crippen LogP contribution in [0.15, 0.2) is 54.6 Å². The molecule has 2 unspecified atom stereocenters. The highest BCUT2D eigenvalue weighted by atomic mass is 16.6. The molecule has 0 aliphatic heterocycles. The zero-order valence-corrected chi connectivity index (χ0v) is 19.1. The number of para-hydroxylation sites is 2. The van der Waals surface area contributed by atoms with E-state index < -0.39 is 29.7 Å². The van der Waals surface area contributed by atoms with Crippen molar-refractivity contribution in [2.24, 2.45) is 5.92 Å². The SMILES string of the molecule is COc1ccccc1OC(=O)C(Cc1ccccc1)NC(=O)N(CC(C)C)C(C)(O)C(=O)O. The van der Waals surface area contributed by atoms with E-state index in [4.69, 9.17) is 9.47 Å². The predicted molar refractivity (Wildman–Crippen MR) is 121 cm³/mol. The second-order valence-corrected chi connectivity index (χ2v) is 8.09. The van der Waals surface area contributed by atoms with Crippen LogP contribution in [0.3, 0.4) is 0 Å². The van der Waals surface area contributed by atoms with Gasteiger partial charge in [0.1, 0.15) is 6.04 Å². The normalized spacial score (nSPS) is 13.5. The molecule has 2 aromatic rings. The van der Waals surface area contributed by atoms with Crippen LogP contribution in [0.4, 0.5) is 4.79 Å². The van der Waals surface area contributed by atoms with Gasteiger partial charge in [0, 0.05) is 13.0 Å². The number of carbonyl (C=O) groups is 3. The largest absolute Gasteiger partial charge is 0.493 e. The molecule has 0 aliphatic rings. The molecule has 178 valence electrons. The molecule has 3 N–H and O–H groups in total. The summed E-state index contributed by atoms with van der Waals surface area (Å²) in [4.78, 5) is 38.5. The van der Waals surface area contributed by atoms with Gasteiger partial charge in [-0.25, -0.2) is 14.4 Å². The van der Waals surface area contributed by atoms with Crippen LogP contribution in [0.1, 0.15) is 26.3 Å². The highest BCUT2D eigenvalue weighted by Crippen LogP contribution is 2.26. The maximum atomic E-state index is 13.1. The summed E-state index contributed by atoms with van der Waals surface area (Å²) in [6.07, 6.45) is 0.0886. The van der Waals surface area contributed by atoms with E-state index in [2.05, 4.69) is 5.32 Å². The lowest BCUT2D eigenvalue weighted by Gasteiger charge is -2.35. The van der Waals surface area contributed by atoms with Crippen LogP contribution >= 0.6 is 0 Å². The van der Waals surface area contributed by atoms with Crippen molar-refractivity contribution in [2.75, 3.05) is 13.7 Å². The van der Waals surface area contributed by atoms with Gasteiger partial charge in [-0.15, -0.1) is 0 Å². The van der Waals surface area contributed by atoms with Crippen LogP contribution in [0.25, 0.3) is 0 Å². The Hall–Kier alpha value is -3.59. The molecule has 0 heterocycles. The summed E-state index contributed by atoms with van der Waals surface area (Å²) >= 11 is 0. The van der Waals surface area contributed by atoms with Crippen molar-refractivity contribution in [1.29, 1.82) is 0 Å². The molecule has 0 aliphatic carbocycles. The smallest absolute Gasteiger partial charge is 0.357 e. The summed E-state index contributed by atoms with van der Waals surface area (Å²) in [6, 6.07) is 13.5. The number of rotatable bonds is 10. The van der Waals surface area contributed by atoms with Gasteiger partial charge in [0.05, 0.1) is 7.11 Å². The van der Waals surface area contributed by atoms with Crippen molar-refractivity contribution in [2.45, 2.75) is 39.0 Å². The minimum absolute atomic E-state index is 0.0508. The van der Waals surface area contributed by atoms with Crippen LogP contribution in [0.5, 0.6) is 11.5 Å². The molecule has 0 radical (unpaired) electrons. The number of aliphatic hydroxyl groups is 1. The van der Waals surface area contributed by atoms with Crippen LogP contribution < -0.4 is 14.8 Å². The van der Waals surface area contributed by atoms with E-state index in [1.807, 2.05) is 6.07 Å². The number of methoxy groups -OCH3 is 1. The molecule has 0 saturated heterocycles. The fourth-order valence-electron chi connectivity index (χ4n) is 3.09. The van der Waals surface area contributed by atoms with E-state index in [0.29, 0.717) is 5.75 Å². The Balaban J connectivity index is 2.33. The quantitative estimate of drug-likeness (QED) is 0.284. The van der Waals surface area contributed by atoms with Crippen LogP contribution in [-0.2, 0) is 16.0 Å². The van der Waals surface area contributed by atoms with Crippen LogP contribution in [0, 0.1) is 5.92 Å². The number of nitrogens with zero attached hydrogens (tertiary/aromatic N) is 1. The van der Waals surface area contributed by atoms with Crippen molar-refractivity contribution >= 4 is 18.0 Å². The Morgan fingerprint density at radius 2 is 1.61 bits per heavy atom. The topological polar surface area (TPSA) is 125 Å². The van der Waals surface area contributed by atoms with Gasteiger partial charge in [-0.2, -0.15) is 0 Å². The van der Waals surface area contributed by atoms with Crippen molar-refractivity contribution in [3.05, 3.63) is 60.2 Å². The number of carboxylic acid groups (broad SMARTS) is 1. The molecule has 0 spiro atoms. The van der Waals surface area contributed by atoms with E-state index in [1.165, 1.54) is 7.11 Å². The van der Waals surface area contributed by atoms with Crippen LogP contribution in [0.2, 0.25) is 0 Å². The second kappa shape index (κ2) is 11.3. The van der Waals surface area contributed by atoms with Crippen molar-refractivity contribution in [1.82, 2.24) is 10.2 Å². The summed E-state index contributed by atoms with van der Waals surface area (Å²) in [5.41, 5.74) is -1.72. The summed E-state index contributed by atoms with van der Waals surface area (Å²) in [5.74, 6) is -1.99. The maximum Gasteiger partial charge on any atom is 0.357 e. The maximum absolute atomic E-state index is 13.1. The van der Waals surface area contributed by atoms with E-state index in [9.17, 15) is 24.6 Å². The zero-order chi connectivity index (χ0) is 24.6. The average Bonchev–Trinajstić information content (AvgIpc) is 2.77. The summed E-state index contributed by atoms with van der Waals surface area (Å²) in [5, 5.41) is 22.4. The third kappa shape index (κ3) is 6.95. The molecule has 0 bridgehead atoms. The second-order valence-electron chi connectivity index (χ2n) is 8.09. The molecular formula is C24H30N2O7. The highest BCUT2D eigenvalue weighted by Gasteiger charge is 2.42. The fourth-order valence-corrected chi connectivity index (χ4v) is 3.09. The molecule has 0 aromatic heterocycles. The fraction of sp³-hybridized carbons (Fsp3) is 0.375. The molecule has 2 atom stereocenters. The standard InChI is InChI=1S/C24H30N2O7/c1-16(2)15-26(24(3,31)22(28)29)23(30)25-18(14-17-10-6-5-7-11-17)21(27)33-20-13-9-8-12-19(20)32-4/h5-13,16,18,31H,14-15H2,1-4H3,(H,25,30)(H,28,29). The average molecular weight is 459 g/mol. The number of nitrogens with one attached hydrogen (secondary N) is 1. The van der Waals surface area contributed by atoms with Gasteiger partial charge >= 0.3 is 18.0 Å². The molecule has 9 nitrogen and oxygen atoms in total. The number of urea groups is 1. The van der Waals surface area contributed by atoms with E-state index in [-0.39, 0.29) is 24.6 Å². The summed E-state index contributed by atoms with van der Waals surface area (Å²) < 4.78 is 10.7. The van der Waals surface area contributed by atoms with Gasteiger partial charge in [0.15, 0.2) is 11.5 Å². The van der Waals surface area contributed by atoms with Gasteiger partial charge in [-0.3, -0.25) is 4.90 Å². The number of benzene rings is 2. The number of ether oxygens (including phenoxy) is 2. The lowest BCUT2D eigenvalue weighted by molar-refractivity contribution is -0.173. The number of hydrogen-bond acceptors (Lipinski definition) is 6. The number of carboxylic acids is 1. The summed E-state index contributed by atoms with van der Waals surface area (Å²) in [7, 11) is 1.44. The number of esters is 1. The number of amides is 2. The first-order chi connectivity index (χ1) is 15.6. The van der Waals surface area contributed by atoms with Gasteiger partial charge in [-0.1, -0.05) is 56.3 Å². The summed E-state index contributed by atoms with van der Waals surface area (Å²) in [6.45, 7) is 4.51. The Labute approximate surface area is 192 Å². The van der Waals surface area contributed by atoms with E-state index >= 15 is 0 Å². The Kier molecular flexibility index (Phi) is 8.81. The van der Waals surface area contributed by atoms with Gasteiger partial charge in [-0.05, 0) is 30.5 Å². The highest BCUT2D eigenvalue weighted by molar-refractivity contribution is 5.88. The Bertz CT molecular complexity index is 960. The lowest BCUT2D eigenvalue weighted by Crippen LogP contribution is -2.61. The van der Waals surface area contributed by atoms with Crippen LogP contribution in [-0.4, -0.2) is 58.5 Å². The molecule has 9 heteroatoms. The number of carbonyl (C=O) groups excluding carboxylic acids is 2. The first-order valence-electron chi connectivity index (χ1n) is 10.5. The molecule has 0 fully saturated rings. The predicted octanol–water partition coefficient (Wildman–Crippen LogP) is 2.67. The first-order valence-corrected chi connectivity index (χ1v) is 10.5. The Morgan fingerprint density at radius 1 is 1.03 bits per heavy atom. The molecule has 0 saturated carbocycles. The lowest BCUT2D eigenvalue weighted by atomic mass is 10.1. The molecule has 2 aromatic carbocycles. The minimum atomic E-state index is -2.47. The van der Waals surface area contributed by atoms with Gasteiger partial charge < -0.3 is 25.0 Å². The van der Waals surface area contributed by atoms with Crippen molar-refractivity contribution < 1.29 is 34.1 Å². The molecule has 2 amide bonds. The van der Waals surface area contributed by atoms with Crippen molar-refractivity contribution in [3.8, 4) is 11.5 Å². The molecular weight excluding hydrogens is 428 g/mol. The first kappa shape index (κ1) is 25.7. The third-order valence-corrected chi connectivity index (χ3v) is 4.87. The third-order valence-electron chi connectivity index (χ3n) is 4.87. The number of aliphatic carboxylic acids is 1. The zero-order valence-electron chi connectivity index (χ0n) is 19.1. The van der Waals surface area contributed by atoms with Gasteiger partial charge in [0.25, 0.3) is 0 Å². The minimum Gasteiger partial charge on any atom is -0.493 e. The van der Waals surface area contributed by atoms with E-state index in [1.54, 1.807) is 62.4 Å². The molecule has 2 rings (SSSR count). The molecule has 33 heavy (non-hydrogen) atoms. The van der Waals surface area contributed by atoms with Crippen molar-refractivity contribution in [3.63, 3.8) is 0 Å². The van der Waals surface area contributed by atoms with E-state index in [0.717, 1.165) is 17.4 Å². The van der Waals surface area contributed by atoms with Gasteiger partial charge in [0.2, 0.25) is 5.72 Å². The number of hydrogen-bond donors (Lipinski definition) is 3.